The number of ether oxygens (including phenoxy) is 1. The number of rotatable bonds is 7. The molecule has 1 atom stereocenters. The standard InChI is InChI=1S/C19H25ClN4O3S/c1-13(2)17-22-23-18(28-17)21-16(25)10-24-8-4-7-19(26,11-24)12-27-15-6-3-5-14(20)9-15/h3,5-6,9,13,26H,4,7-8,10-12H2,1-2H3,(H,21,23,25). The van der Waals surface area contributed by atoms with Crippen LogP contribution in [0.5, 0.6) is 5.75 Å². The molecule has 9 heteroatoms. The van der Waals surface area contributed by atoms with E-state index < -0.39 is 5.60 Å². The van der Waals surface area contributed by atoms with Crippen LogP contribution < -0.4 is 10.1 Å². The van der Waals surface area contributed by atoms with Gasteiger partial charge >= 0.3 is 0 Å². The maximum atomic E-state index is 12.3. The number of anilines is 1. The number of carbonyl (C=O) groups is 1. The molecule has 2 N–H and O–H groups in total. The summed E-state index contributed by atoms with van der Waals surface area (Å²) in [6.45, 7) is 5.53. The molecule has 1 unspecified atom stereocenters. The van der Waals surface area contributed by atoms with Gasteiger partial charge in [0.15, 0.2) is 0 Å². The lowest BCUT2D eigenvalue weighted by molar-refractivity contribution is -0.119. The Balaban J connectivity index is 1.51. The van der Waals surface area contributed by atoms with Gasteiger partial charge in [0.2, 0.25) is 11.0 Å². The minimum absolute atomic E-state index is 0.152. The second-order valence-corrected chi connectivity index (χ2v) is 8.88. The Morgan fingerprint density at radius 2 is 2.29 bits per heavy atom. The van der Waals surface area contributed by atoms with Crippen molar-refractivity contribution in [1.82, 2.24) is 15.1 Å². The Labute approximate surface area is 173 Å². The molecule has 1 aliphatic rings. The summed E-state index contributed by atoms with van der Waals surface area (Å²) in [6.07, 6.45) is 1.42. The van der Waals surface area contributed by atoms with Crippen LogP contribution in [0.2, 0.25) is 5.02 Å². The predicted octanol–water partition coefficient (Wildman–Crippen LogP) is 3.16. The molecule has 1 aromatic carbocycles. The lowest BCUT2D eigenvalue weighted by atomic mass is 9.93. The minimum Gasteiger partial charge on any atom is -0.490 e. The van der Waals surface area contributed by atoms with E-state index in [1.807, 2.05) is 18.7 Å². The van der Waals surface area contributed by atoms with E-state index in [0.29, 0.717) is 28.9 Å². The number of hydrogen-bond donors (Lipinski definition) is 2. The van der Waals surface area contributed by atoms with Gasteiger partial charge in [-0.15, -0.1) is 10.2 Å². The molecule has 0 bridgehead atoms. The number of carbonyl (C=O) groups excluding carboxylic acids is 1. The Bertz CT molecular complexity index is 816. The number of benzene rings is 1. The van der Waals surface area contributed by atoms with Crippen LogP contribution in [0.3, 0.4) is 0 Å². The number of hydrogen-bond acceptors (Lipinski definition) is 7. The molecule has 1 amide bonds. The van der Waals surface area contributed by atoms with Crippen LogP contribution in [0, 0.1) is 0 Å². The maximum Gasteiger partial charge on any atom is 0.240 e. The molecule has 0 spiro atoms. The van der Waals surface area contributed by atoms with Gasteiger partial charge in [-0.2, -0.15) is 0 Å². The number of aliphatic hydroxyl groups is 1. The quantitative estimate of drug-likeness (QED) is 0.709. The first-order valence-corrected chi connectivity index (χ1v) is 10.5. The third kappa shape index (κ3) is 5.88. The molecule has 1 fully saturated rings. The molecule has 1 saturated heterocycles. The highest BCUT2D eigenvalue weighted by Gasteiger charge is 2.34. The van der Waals surface area contributed by atoms with E-state index >= 15 is 0 Å². The number of β-amino-alcohol motifs (C(OH)–C–C–N with tert-alkyl or cyclic N) is 1. The Hall–Kier alpha value is -1.74. The summed E-state index contributed by atoms with van der Waals surface area (Å²) in [5.41, 5.74) is -1.01. The van der Waals surface area contributed by atoms with Crippen molar-refractivity contribution in [3.8, 4) is 5.75 Å². The van der Waals surface area contributed by atoms with Crippen molar-refractivity contribution < 1.29 is 14.6 Å². The van der Waals surface area contributed by atoms with Crippen LogP contribution >= 0.6 is 22.9 Å². The normalized spacial score (nSPS) is 20.3. The average Bonchev–Trinajstić information content (AvgIpc) is 3.09. The fourth-order valence-corrected chi connectivity index (χ4v) is 4.06. The number of nitrogens with one attached hydrogen (secondary N) is 1. The van der Waals surface area contributed by atoms with Gasteiger partial charge in [0.05, 0.1) is 6.54 Å². The monoisotopic (exact) mass is 424 g/mol. The first-order chi connectivity index (χ1) is 13.3. The zero-order chi connectivity index (χ0) is 20.1. The fourth-order valence-electron chi connectivity index (χ4n) is 3.11. The van der Waals surface area contributed by atoms with Crippen molar-refractivity contribution in [2.75, 3.05) is 31.6 Å². The number of aromatic nitrogens is 2. The third-order valence-electron chi connectivity index (χ3n) is 4.49. The zero-order valence-electron chi connectivity index (χ0n) is 16.0. The van der Waals surface area contributed by atoms with Crippen LogP contribution in [0.1, 0.15) is 37.6 Å². The number of likely N-dealkylation sites (tertiary alicyclic amines) is 1. The van der Waals surface area contributed by atoms with Gasteiger partial charge in [-0.3, -0.25) is 15.0 Å². The summed E-state index contributed by atoms with van der Waals surface area (Å²) >= 11 is 7.35. The van der Waals surface area contributed by atoms with Gasteiger partial charge in [0, 0.05) is 17.5 Å². The van der Waals surface area contributed by atoms with Crippen LogP contribution in [0.15, 0.2) is 24.3 Å². The average molecular weight is 425 g/mol. The molecule has 2 heterocycles. The van der Waals surface area contributed by atoms with Gasteiger partial charge in [0.25, 0.3) is 0 Å². The van der Waals surface area contributed by atoms with Crippen molar-refractivity contribution in [2.45, 2.75) is 38.2 Å². The molecule has 0 aliphatic carbocycles. The van der Waals surface area contributed by atoms with Gasteiger partial charge in [0.1, 0.15) is 23.0 Å². The van der Waals surface area contributed by atoms with E-state index in [9.17, 15) is 9.90 Å². The summed E-state index contributed by atoms with van der Waals surface area (Å²) in [4.78, 5) is 14.3. The van der Waals surface area contributed by atoms with Gasteiger partial charge < -0.3 is 9.84 Å². The lowest BCUT2D eigenvalue weighted by Crippen LogP contribution is -2.53. The third-order valence-corrected chi connectivity index (χ3v) is 5.86. The van der Waals surface area contributed by atoms with Crippen molar-refractivity contribution >= 4 is 34.0 Å². The Morgan fingerprint density at radius 3 is 3.00 bits per heavy atom. The van der Waals surface area contributed by atoms with Crippen LogP contribution in [-0.4, -0.2) is 58.0 Å². The highest BCUT2D eigenvalue weighted by atomic mass is 35.5. The van der Waals surface area contributed by atoms with Crippen molar-refractivity contribution in [1.29, 1.82) is 0 Å². The largest absolute Gasteiger partial charge is 0.490 e. The number of piperidine rings is 1. The van der Waals surface area contributed by atoms with E-state index in [-0.39, 0.29) is 25.0 Å². The van der Waals surface area contributed by atoms with E-state index in [4.69, 9.17) is 16.3 Å². The minimum atomic E-state index is -1.01. The molecule has 0 radical (unpaired) electrons. The summed E-state index contributed by atoms with van der Waals surface area (Å²) < 4.78 is 5.73. The molecule has 2 aromatic rings. The van der Waals surface area contributed by atoms with E-state index in [1.165, 1.54) is 11.3 Å². The number of nitrogens with zero attached hydrogens (tertiary/aromatic N) is 3. The molecule has 28 heavy (non-hydrogen) atoms. The Morgan fingerprint density at radius 1 is 1.46 bits per heavy atom. The number of halogens is 1. The number of amides is 1. The summed E-state index contributed by atoms with van der Waals surface area (Å²) in [5, 5.41) is 23.7. The van der Waals surface area contributed by atoms with E-state index in [1.54, 1.807) is 24.3 Å². The van der Waals surface area contributed by atoms with Crippen LogP contribution in [-0.2, 0) is 4.79 Å². The van der Waals surface area contributed by atoms with E-state index in [0.717, 1.165) is 18.0 Å². The molecule has 1 aliphatic heterocycles. The van der Waals surface area contributed by atoms with Gasteiger partial charge in [-0.05, 0) is 37.6 Å². The SMILES string of the molecule is CC(C)c1nnc(NC(=O)CN2CCCC(O)(COc3cccc(Cl)c3)C2)s1. The van der Waals surface area contributed by atoms with E-state index in [2.05, 4.69) is 15.5 Å². The summed E-state index contributed by atoms with van der Waals surface area (Å²) in [7, 11) is 0. The smallest absolute Gasteiger partial charge is 0.240 e. The first-order valence-electron chi connectivity index (χ1n) is 9.29. The van der Waals surface area contributed by atoms with Crippen LogP contribution in [0.4, 0.5) is 5.13 Å². The maximum absolute atomic E-state index is 12.3. The highest BCUT2D eigenvalue weighted by molar-refractivity contribution is 7.15. The Kier molecular flexibility index (Phi) is 6.87. The highest BCUT2D eigenvalue weighted by Crippen LogP contribution is 2.25. The zero-order valence-corrected chi connectivity index (χ0v) is 17.6. The van der Waals surface area contributed by atoms with Gasteiger partial charge in [-0.1, -0.05) is 42.9 Å². The van der Waals surface area contributed by atoms with Crippen LogP contribution in [0.25, 0.3) is 0 Å². The molecule has 3 rings (SSSR count). The second-order valence-electron chi connectivity index (χ2n) is 7.43. The molecule has 152 valence electrons. The first kappa shape index (κ1) is 21.0. The van der Waals surface area contributed by atoms with Crippen molar-refractivity contribution in [3.63, 3.8) is 0 Å². The summed E-state index contributed by atoms with van der Waals surface area (Å²) in [6, 6.07) is 7.09. The topological polar surface area (TPSA) is 87.6 Å². The summed E-state index contributed by atoms with van der Waals surface area (Å²) in [5.74, 6) is 0.735. The molecule has 0 saturated carbocycles. The van der Waals surface area contributed by atoms with Gasteiger partial charge in [-0.25, -0.2) is 0 Å². The predicted molar refractivity (Wildman–Crippen MR) is 110 cm³/mol. The second kappa shape index (κ2) is 9.17. The molecule has 7 nitrogen and oxygen atoms in total. The lowest BCUT2D eigenvalue weighted by Gasteiger charge is -2.38. The fraction of sp³-hybridized carbons (Fsp3) is 0.526. The molecular formula is C19H25ClN4O3S. The van der Waals surface area contributed by atoms with Crippen molar-refractivity contribution in [3.05, 3.63) is 34.3 Å². The van der Waals surface area contributed by atoms with Crippen molar-refractivity contribution in [2.24, 2.45) is 0 Å². The molecule has 1 aromatic heterocycles. The molecular weight excluding hydrogens is 400 g/mol.